The second-order valence-corrected chi connectivity index (χ2v) is 6.19. The molecule has 1 aliphatic rings. The molecule has 0 radical (unpaired) electrons. The second kappa shape index (κ2) is 10.3. The number of carbonyl (C=O) groups is 1. The third-order valence-electron chi connectivity index (χ3n) is 4.33. The third kappa shape index (κ3) is 7.03. The standard InChI is InChI=1S/C17H30N4O2/c1-15-18-10-13-21(15)12-6-9-19-17(22)20-11-14-23-16-7-4-2-3-5-8-16/h10,13,16H,2-9,11-12,14H2,1H3,(H2,19,20,22). The van der Waals surface area contributed by atoms with Gasteiger partial charge in [-0.25, -0.2) is 9.78 Å². The molecule has 23 heavy (non-hydrogen) atoms. The Balaban J connectivity index is 1.46. The number of carbonyl (C=O) groups excluding carboxylic acids is 1. The van der Waals surface area contributed by atoms with E-state index in [0.717, 1.165) is 18.8 Å². The van der Waals surface area contributed by atoms with Crippen molar-refractivity contribution in [2.45, 2.75) is 64.5 Å². The fourth-order valence-electron chi connectivity index (χ4n) is 2.95. The number of aromatic nitrogens is 2. The number of ether oxygens (including phenoxy) is 1. The van der Waals surface area contributed by atoms with Gasteiger partial charge in [0.1, 0.15) is 5.82 Å². The number of imidazole rings is 1. The van der Waals surface area contributed by atoms with Crippen LogP contribution >= 0.6 is 0 Å². The number of amides is 2. The van der Waals surface area contributed by atoms with Crippen LogP contribution in [0.15, 0.2) is 12.4 Å². The maximum Gasteiger partial charge on any atom is 0.314 e. The molecular weight excluding hydrogens is 292 g/mol. The Kier molecular flexibility index (Phi) is 7.93. The molecule has 1 aromatic rings. The Morgan fingerprint density at radius 2 is 2.00 bits per heavy atom. The van der Waals surface area contributed by atoms with Crippen molar-refractivity contribution in [3.8, 4) is 0 Å². The van der Waals surface area contributed by atoms with Crippen molar-refractivity contribution < 1.29 is 9.53 Å². The number of nitrogens with one attached hydrogen (secondary N) is 2. The minimum absolute atomic E-state index is 0.114. The van der Waals surface area contributed by atoms with Gasteiger partial charge in [0.2, 0.25) is 0 Å². The van der Waals surface area contributed by atoms with Gasteiger partial charge in [-0.3, -0.25) is 0 Å². The van der Waals surface area contributed by atoms with E-state index >= 15 is 0 Å². The fourth-order valence-corrected chi connectivity index (χ4v) is 2.95. The topological polar surface area (TPSA) is 68.2 Å². The van der Waals surface area contributed by atoms with Gasteiger partial charge in [0, 0.05) is 32.0 Å². The van der Waals surface area contributed by atoms with Crippen molar-refractivity contribution in [3.05, 3.63) is 18.2 Å². The lowest BCUT2D eigenvalue weighted by atomic mass is 10.1. The average molecular weight is 322 g/mol. The van der Waals surface area contributed by atoms with Crippen LogP contribution in [0.25, 0.3) is 0 Å². The minimum atomic E-state index is -0.114. The van der Waals surface area contributed by atoms with Gasteiger partial charge in [0.15, 0.2) is 0 Å². The van der Waals surface area contributed by atoms with Crippen LogP contribution in [-0.2, 0) is 11.3 Å². The third-order valence-corrected chi connectivity index (χ3v) is 4.33. The van der Waals surface area contributed by atoms with E-state index in [0.29, 0.717) is 25.8 Å². The van der Waals surface area contributed by atoms with Crippen LogP contribution in [0.4, 0.5) is 4.79 Å². The van der Waals surface area contributed by atoms with E-state index in [4.69, 9.17) is 4.74 Å². The molecule has 0 atom stereocenters. The first-order valence-corrected chi connectivity index (χ1v) is 8.87. The summed E-state index contributed by atoms with van der Waals surface area (Å²) >= 11 is 0. The first kappa shape index (κ1) is 17.8. The lowest BCUT2D eigenvalue weighted by Gasteiger charge is -2.15. The Morgan fingerprint density at radius 3 is 2.70 bits per heavy atom. The predicted octanol–water partition coefficient (Wildman–Crippen LogP) is 2.62. The first-order valence-electron chi connectivity index (χ1n) is 8.87. The molecular formula is C17H30N4O2. The summed E-state index contributed by atoms with van der Waals surface area (Å²) in [6.07, 6.45) is 12.6. The van der Waals surface area contributed by atoms with E-state index in [1.807, 2.05) is 13.1 Å². The zero-order valence-corrected chi connectivity index (χ0v) is 14.2. The van der Waals surface area contributed by atoms with Crippen molar-refractivity contribution in [1.82, 2.24) is 20.2 Å². The Bertz CT molecular complexity index is 453. The van der Waals surface area contributed by atoms with Crippen LogP contribution in [-0.4, -0.2) is 41.4 Å². The molecule has 1 heterocycles. The highest BCUT2D eigenvalue weighted by molar-refractivity contribution is 5.73. The molecule has 0 saturated heterocycles. The highest BCUT2D eigenvalue weighted by atomic mass is 16.5. The van der Waals surface area contributed by atoms with Crippen LogP contribution in [0.2, 0.25) is 0 Å². The smallest absolute Gasteiger partial charge is 0.314 e. The van der Waals surface area contributed by atoms with Crippen LogP contribution in [0, 0.1) is 6.92 Å². The van der Waals surface area contributed by atoms with Crippen molar-refractivity contribution >= 4 is 6.03 Å². The molecule has 2 N–H and O–H groups in total. The summed E-state index contributed by atoms with van der Waals surface area (Å²) in [6, 6.07) is -0.114. The lowest BCUT2D eigenvalue weighted by Crippen LogP contribution is -2.38. The lowest BCUT2D eigenvalue weighted by molar-refractivity contribution is 0.0460. The zero-order valence-electron chi connectivity index (χ0n) is 14.2. The van der Waals surface area contributed by atoms with E-state index in [1.54, 1.807) is 6.20 Å². The van der Waals surface area contributed by atoms with Gasteiger partial charge in [-0.15, -0.1) is 0 Å². The summed E-state index contributed by atoms with van der Waals surface area (Å²) < 4.78 is 7.93. The van der Waals surface area contributed by atoms with Crippen molar-refractivity contribution in [2.24, 2.45) is 0 Å². The van der Waals surface area contributed by atoms with Gasteiger partial charge in [-0.1, -0.05) is 25.7 Å². The molecule has 130 valence electrons. The molecule has 0 spiro atoms. The molecule has 1 saturated carbocycles. The summed E-state index contributed by atoms with van der Waals surface area (Å²) in [5.74, 6) is 1.00. The fraction of sp³-hybridized carbons (Fsp3) is 0.765. The highest BCUT2D eigenvalue weighted by Gasteiger charge is 2.12. The van der Waals surface area contributed by atoms with E-state index in [2.05, 4.69) is 20.2 Å². The van der Waals surface area contributed by atoms with E-state index in [-0.39, 0.29) is 6.03 Å². The number of aryl methyl sites for hydroxylation is 2. The Hall–Kier alpha value is -1.56. The quantitative estimate of drug-likeness (QED) is 0.571. The van der Waals surface area contributed by atoms with Gasteiger partial charge in [0.25, 0.3) is 0 Å². The molecule has 0 aliphatic heterocycles. The van der Waals surface area contributed by atoms with Gasteiger partial charge in [-0.2, -0.15) is 0 Å². The summed E-state index contributed by atoms with van der Waals surface area (Å²) in [5.41, 5.74) is 0. The number of rotatable bonds is 8. The molecule has 6 heteroatoms. The van der Waals surface area contributed by atoms with Crippen LogP contribution in [0.3, 0.4) is 0 Å². The Morgan fingerprint density at radius 1 is 1.26 bits per heavy atom. The summed E-state index contributed by atoms with van der Waals surface area (Å²) in [4.78, 5) is 15.9. The maximum atomic E-state index is 11.7. The van der Waals surface area contributed by atoms with E-state index in [9.17, 15) is 4.79 Å². The number of urea groups is 1. The highest BCUT2D eigenvalue weighted by Crippen LogP contribution is 2.19. The SMILES string of the molecule is Cc1nccn1CCCNC(=O)NCCOC1CCCCCC1. The van der Waals surface area contributed by atoms with Gasteiger partial charge < -0.3 is 19.9 Å². The molecule has 2 rings (SSSR count). The summed E-state index contributed by atoms with van der Waals surface area (Å²) in [5, 5.41) is 5.72. The molecule has 1 fully saturated rings. The molecule has 6 nitrogen and oxygen atoms in total. The van der Waals surface area contributed by atoms with Gasteiger partial charge >= 0.3 is 6.03 Å². The zero-order chi connectivity index (χ0) is 16.3. The van der Waals surface area contributed by atoms with Crippen molar-refractivity contribution in [2.75, 3.05) is 19.7 Å². The predicted molar refractivity (Wildman–Crippen MR) is 90.4 cm³/mol. The van der Waals surface area contributed by atoms with Gasteiger partial charge in [0.05, 0.1) is 12.7 Å². The molecule has 0 bridgehead atoms. The Labute approximate surface area is 139 Å². The maximum absolute atomic E-state index is 11.7. The van der Waals surface area contributed by atoms with E-state index in [1.165, 1.54) is 38.5 Å². The van der Waals surface area contributed by atoms with Gasteiger partial charge in [-0.05, 0) is 26.2 Å². The molecule has 1 aromatic heterocycles. The van der Waals surface area contributed by atoms with Crippen molar-refractivity contribution in [3.63, 3.8) is 0 Å². The normalized spacial score (nSPS) is 16.0. The second-order valence-electron chi connectivity index (χ2n) is 6.19. The monoisotopic (exact) mass is 322 g/mol. The first-order chi connectivity index (χ1) is 11.3. The average Bonchev–Trinajstić information content (AvgIpc) is 2.79. The van der Waals surface area contributed by atoms with Crippen LogP contribution in [0.1, 0.15) is 50.8 Å². The number of hydrogen-bond acceptors (Lipinski definition) is 3. The van der Waals surface area contributed by atoms with Crippen molar-refractivity contribution in [1.29, 1.82) is 0 Å². The van der Waals surface area contributed by atoms with Crippen LogP contribution < -0.4 is 10.6 Å². The molecule has 0 unspecified atom stereocenters. The molecule has 0 aromatic carbocycles. The number of nitrogens with zero attached hydrogens (tertiary/aromatic N) is 2. The molecule has 1 aliphatic carbocycles. The summed E-state index contributed by atoms with van der Waals surface area (Å²) in [6.45, 7) is 4.69. The summed E-state index contributed by atoms with van der Waals surface area (Å²) in [7, 11) is 0. The molecule has 2 amide bonds. The minimum Gasteiger partial charge on any atom is -0.376 e. The number of hydrogen-bond donors (Lipinski definition) is 2. The van der Waals surface area contributed by atoms with Crippen LogP contribution in [0.5, 0.6) is 0 Å². The largest absolute Gasteiger partial charge is 0.376 e. The van der Waals surface area contributed by atoms with E-state index < -0.39 is 0 Å².